The fourth-order valence-electron chi connectivity index (χ4n) is 5.04. The number of nitrogens with zero attached hydrogens (tertiary/aromatic N) is 2. The van der Waals surface area contributed by atoms with Gasteiger partial charge in [-0.25, -0.2) is 4.79 Å². The molecular weight excluding hydrogens is 444 g/mol. The summed E-state index contributed by atoms with van der Waals surface area (Å²) in [6.07, 6.45) is 5.07. The van der Waals surface area contributed by atoms with Crippen LogP contribution in [0.25, 0.3) is 0 Å². The molecule has 8 heteroatoms. The second kappa shape index (κ2) is 8.99. The van der Waals surface area contributed by atoms with Gasteiger partial charge in [0.15, 0.2) is 0 Å². The van der Waals surface area contributed by atoms with Crippen molar-refractivity contribution < 1.29 is 24.2 Å². The van der Waals surface area contributed by atoms with Crippen molar-refractivity contribution in [2.45, 2.75) is 77.0 Å². The van der Waals surface area contributed by atoms with Crippen molar-refractivity contribution in [2.75, 3.05) is 26.2 Å². The maximum atomic E-state index is 12.5. The van der Waals surface area contributed by atoms with Gasteiger partial charge < -0.3 is 19.5 Å². The number of carbonyl (C=O) groups is 2. The number of hydrogen-bond acceptors (Lipinski definition) is 5. The van der Waals surface area contributed by atoms with Gasteiger partial charge in [0.1, 0.15) is 23.4 Å². The third kappa shape index (κ3) is 5.24. The van der Waals surface area contributed by atoms with Gasteiger partial charge in [-0.3, -0.25) is 9.69 Å². The average Bonchev–Trinajstić information content (AvgIpc) is 3.45. The first-order chi connectivity index (χ1) is 15.5. The number of amides is 1. The Morgan fingerprint density at radius 1 is 1.09 bits per heavy atom. The van der Waals surface area contributed by atoms with Crippen LogP contribution >= 0.6 is 11.6 Å². The highest BCUT2D eigenvalue weighted by Crippen LogP contribution is 2.47. The number of likely N-dealkylation sites (tertiary alicyclic amines) is 2. The minimum Gasteiger partial charge on any atom is -0.492 e. The highest BCUT2D eigenvalue weighted by molar-refractivity contribution is 6.31. The first kappa shape index (κ1) is 24.1. The zero-order valence-electron chi connectivity index (χ0n) is 19.9. The average molecular weight is 479 g/mol. The van der Waals surface area contributed by atoms with E-state index in [-0.39, 0.29) is 18.2 Å². The molecule has 0 atom stereocenters. The van der Waals surface area contributed by atoms with Crippen LogP contribution in [0.15, 0.2) is 18.2 Å². The normalized spacial score (nSPS) is 21.8. The summed E-state index contributed by atoms with van der Waals surface area (Å²) in [6, 6.07) is 5.59. The van der Waals surface area contributed by atoms with Crippen molar-refractivity contribution in [3.8, 4) is 5.75 Å². The molecule has 7 nitrogen and oxygen atoms in total. The zero-order chi connectivity index (χ0) is 23.9. The van der Waals surface area contributed by atoms with Crippen LogP contribution < -0.4 is 4.74 Å². The van der Waals surface area contributed by atoms with Crippen molar-refractivity contribution in [3.05, 3.63) is 28.8 Å². The predicted octanol–water partition coefficient (Wildman–Crippen LogP) is 4.95. The first-order valence-corrected chi connectivity index (χ1v) is 12.3. The van der Waals surface area contributed by atoms with Crippen LogP contribution in [-0.4, -0.2) is 64.4 Å². The molecule has 1 spiro atoms. The monoisotopic (exact) mass is 478 g/mol. The predicted molar refractivity (Wildman–Crippen MR) is 126 cm³/mol. The van der Waals surface area contributed by atoms with Gasteiger partial charge in [0, 0.05) is 35.8 Å². The molecule has 182 valence electrons. The fourth-order valence-corrected chi connectivity index (χ4v) is 5.27. The Bertz CT molecular complexity index is 901. The van der Waals surface area contributed by atoms with Crippen molar-refractivity contribution in [3.63, 3.8) is 0 Å². The third-order valence-electron chi connectivity index (χ3n) is 7.32. The Labute approximate surface area is 201 Å². The minimum absolute atomic E-state index is 0.0354. The van der Waals surface area contributed by atoms with Crippen LogP contribution in [-0.2, 0) is 16.1 Å². The fraction of sp³-hybridized carbons (Fsp3) is 0.680. The number of hydrogen-bond donors (Lipinski definition) is 1. The van der Waals surface area contributed by atoms with Crippen LogP contribution in [0.2, 0.25) is 5.02 Å². The van der Waals surface area contributed by atoms with Gasteiger partial charge in [-0.15, -0.1) is 0 Å². The lowest BCUT2D eigenvalue weighted by Gasteiger charge is -2.45. The number of benzene rings is 1. The van der Waals surface area contributed by atoms with Crippen molar-refractivity contribution in [1.82, 2.24) is 9.80 Å². The minimum atomic E-state index is -0.790. The standard InChI is InChI=1S/C25H35ClN2O5/c1-23(2,3)33-22(31)27-14-11-25(12-15-27)8-5-13-28(25)16-18-19(26)6-4-7-20(18)32-17-24(9-10-24)21(29)30/h4,6-7H,5,8-17H2,1-3H3,(H,29,30). The summed E-state index contributed by atoms with van der Waals surface area (Å²) in [5, 5.41) is 10.1. The van der Waals surface area contributed by atoms with Crippen LogP contribution in [0, 0.1) is 5.41 Å². The number of rotatable bonds is 6. The van der Waals surface area contributed by atoms with Gasteiger partial charge in [-0.05, 0) is 78.0 Å². The number of piperidine rings is 1. The van der Waals surface area contributed by atoms with E-state index in [1.807, 2.05) is 43.9 Å². The van der Waals surface area contributed by atoms with E-state index >= 15 is 0 Å². The number of halogens is 1. The molecule has 1 amide bonds. The lowest BCUT2D eigenvalue weighted by atomic mass is 9.85. The van der Waals surface area contributed by atoms with Crippen LogP contribution in [0.5, 0.6) is 5.75 Å². The Balaban J connectivity index is 1.43. The van der Waals surface area contributed by atoms with Crippen LogP contribution in [0.3, 0.4) is 0 Å². The maximum absolute atomic E-state index is 12.5. The molecule has 0 radical (unpaired) electrons. The molecule has 33 heavy (non-hydrogen) atoms. The van der Waals surface area contributed by atoms with Crippen molar-refractivity contribution >= 4 is 23.7 Å². The van der Waals surface area contributed by atoms with Gasteiger partial charge in [0.2, 0.25) is 0 Å². The lowest BCUT2D eigenvalue weighted by Crippen LogP contribution is -2.53. The van der Waals surface area contributed by atoms with E-state index in [1.165, 1.54) is 0 Å². The van der Waals surface area contributed by atoms with Gasteiger partial charge in [-0.2, -0.15) is 0 Å². The molecule has 2 saturated heterocycles. The molecule has 1 aliphatic carbocycles. The van der Waals surface area contributed by atoms with Crippen molar-refractivity contribution in [1.29, 1.82) is 0 Å². The number of carbonyl (C=O) groups excluding carboxylic acids is 1. The number of ether oxygens (including phenoxy) is 2. The van der Waals surface area contributed by atoms with E-state index < -0.39 is 17.0 Å². The molecule has 1 aromatic rings. The summed E-state index contributed by atoms with van der Waals surface area (Å²) < 4.78 is 11.6. The third-order valence-corrected chi connectivity index (χ3v) is 7.68. The summed E-state index contributed by atoms with van der Waals surface area (Å²) >= 11 is 6.60. The largest absolute Gasteiger partial charge is 0.492 e. The highest BCUT2D eigenvalue weighted by Gasteiger charge is 2.51. The molecule has 0 bridgehead atoms. The van der Waals surface area contributed by atoms with Gasteiger partial charge >= 0.3 is 12.1 Å². The van der Waals surface area contributed by atoms with Crippen LogP contribution in [0.1, 0.15) is 64.9 Å². The van der Waals surface area contributed by atoms with Crippen LogP contribution in [0.4, 0.5) is 4.79 Å². The highest BCUT2D eigenvalue weighted by atomic mass is 35.5. The second-order valence-electron chi connectivity index (χ2n) is 10.8. The lowest BCUT2D eigenvalue weighted by molar-refractivity contribution is -0.144. The number of carboxylic acid groups (broad SMARTS) is 1. The first-order valence-electron chi connectivity index (χ1n) is 11.9. The zero-order valence-corrected chi connectivity index (χ0v) is 20.6. The molecule has 3 fully saturated rings. The van der Waals surface area contributed by atoms with E-state index in [2.05, 4.69) is 4.90 Å². The van der Waals surface area contributed by atoms with E-state index in [1.54, 1.807) is 0 Å². The summed E-state index contributed by atoms with van der Waals surface area (Å²) in [7, 11) is 0. The Morgan fingerprint density at radius 2 is 1.79 bits per heavy atom. The SMILES string of the molecule is CC(C)(C)OC(=O)N1CCC2(CCCN2Cc2c(Cl)cccc2OCC2(C(=O)O)CC2)CC1. The Hall–Kier alpha value is -1.99. The summed E-state index contributed by atoms with van der Waals surface area (Å²) in [4.78, 5) is 28.3. The topological polar surface area (TPSA) is 79.3 Å². The molecule has 0 unspecified atom stereocenters. The molecule has 2 heterocycles. The van der Waals surface area contributed by atoms with Gasteiger partial charge in [-0.1, -0.05) is 17.7 Å². The van der Waals surface area contributed by atoms with E-state index in [4.69, 9.17) is 21.1 Å². The van der Waals surface area contributed by atoms with Gasteiger partial charge in [0.25, 0.3) is 0 Å². The molecule has 4 rings (SSSR count). The Morgan fingerprint density at radius 3 is 2.39 bits per heavy atom. The smallest absolute Gasteiger partial charge is 0.410 e. The molecule has 1 saturated carbocycles. The van der Waals surface area contributed by atoms with E-state index in [0.717, 1.165) is 37.8 Å². The summed E-state index contributed by atoms with van der Waals surface area (Å²) in [5.74, 6) is -0.121. The molecular formula is C25H35ClN2O5. The molecule has 3 aliphatic rings. The number of aliphatic carboxylic acids is 1. The van der Waals surface area contributed by atoms with E-state index in [0.29, 0.717) is 43.2 Å². The molecule has 1 aromatic carbocycles. The summed E-state index contributed by atoms with van der Waals surface area (Å²) in [6.45, 7) is 8.82. The molecule has 0 aromatic heterocycles. The molecule has 1 N–H and O–H groups in total. The number of carboxylic acids is 1. The van der Waals surface area contributed by atoms with Gasteiger partial charge in [0.05, 0.1) is 0 Å². The summed E-state index contributed by atoms with van der Waals surface area (Å²) in [5.41, 5.74) is -0.293. The molecule has 2 aliphatic heterocycles. The Kier molecular flexibility index (Phi) is 6.58. The quantitative estimate of drug-likeness (QED) is 0.623. The maximum Gasteiger partial charge on any atom is 0.410 e. The van der Waals surface area contributed by atoms with Crippen molar-refractivity contribution in [2.24, 2.45) is 5.41 Å². The second-order valence-corrected chi connectivity index (χ2v) is 11.2. The van der Waals surface area contributed by atoms with E-state index in [9.17, 15) is 14.7 Å².